The molecule has 2 aromatic carbocycles. The van der Waals surface area contributed by atoms with Crippen molar-refractivity contribution >= 4 is 17.3 Å². The SMILES string of the molecule is CCCN(C(=O)c1ccccc1CC)c1ccccc1N. The molecule has 3 nitrogen and oxygen atoms in total. The van der Waals surface area contributed by atoms with Crippen LogP contribution in [0.5, 0.6) is 0 Å². The molecule has 0 bridgehead atoms. The van der Waals surface area contributed by atoms with Crippen molar-refractivity contribution in [2.24, 2.45) is 0 Å². The second kappa shape index (κ2) is 6.93. The van der Waals surface area contributed by atoms with Crippen molar-refractivity contribution in [3.63, 3.8) is 0 Å². The monoisotopic (exact) mass is 282 g/mol. The van der Waals surface area contributed by atoms with Gasteiger partial charge < -0.3 is 10.6 Å². The maximum absolute atomic E-state index is 12.9. The van der Waals surface area contributed by atoms with E-state index in [-0.39, 0.29) is 5.91 Å². The number of nitrogens with two attached hydrogens (primary N) is 1. The highest BCUT2D eigenvalue weighted by Crippen LogP contribution is 2.25. The Labute approximate surface area is 126 Å². The Morgan fingerprint density at radius 1 is 1.05 bits per heavy atom. The molecule has 0 aliphatic heterocycles. The van der Waals surface area contributed by atoms with Crippen LogP contribution in [0.2, 0.25) is 0 Å². The summed E-state index contributed by atoms with van der Waals surface area (Å²) >= 11 is 0. The van der Waals surface area contributed by atoms with E-state index in [4.69, 9.17) is 5.73 Å². The summed E-state index contributed by atoms with van der Waals surface area (Å²) < 4.78 is 0. The summed E-state index contributed by atoms with van der Waals surface area (Å²) in [5.74, 6) is 0.0206. The van der Waals surface area contributed by atoms with Crippen LogP contribution in [-0.4, -0.2) is 12.5 Å². The highest BCUT2D eigenvalue weighted by atomic mass is 16.2. The summed E-state index contributed by atoms with van der Waals surface area (Å²) in [6.07, 6.45) is 1.72. The highest BCUT2D eigenvalue weighted by molar-refractivity contribution is 6.08. The molecule has 0 atom stereocenters. The highest BCUT2D eigenvalue weighted by Gasteiger charge is 2.20. The summed E-state index contributed by atoms with van der Waals surface area (Å²) in [7, 11) is 0. The molecule has 0 saturated carbocycles. The van der Waals surface area contributed by atoms with E-state index < -0.39 is 0 Å². The normalized spacial score (nSPS) is 10.4. The lowest BCUT2D eigenvalue weighted by Crippen LogP contribution is -2.33. The standard InChI is InChI=1S/C18H22N2O/c1-3-13-20(17-12-8-7-11-16(17)19)18(21)15-10-6-5-9-14(15)4-2/h5-12H,3-4,13,19H2,1-2H3. The average Bonchev–Trinajstić information content (AvgIpc) is 2.53. The Morgan fingerprint density at radius 3 is 2.38 bits per heavy atom. The molecule has 2 aromatic rings. The molecular weight excluding hydrogens is 260 g/mol. The number of aryl methyl sites for hydroxylation is 1. The molecule has 0 aliphatic carbocycles. The first-order chi connectivity index (χ1) is 10.2. The van der Waals surface area contributed by atoms with Crippen molar-refractivity contribution in [1.29, 1.82) is 0 Å². The van der Waals surface area contributed by atoms with Gasteiger partial charge in [0.05, 0.1) is 11.4 Å². The molecule has 110 valence electrons. The Balaban J connectivity index is 2.43. The van der Waals surface area contributed by atoms with Crippen LogP contribution in [-0.2, 0) is 6.42 Å². The number of anilines is 2. The smallest absolute Gasteiger partial charge is 0.258 e. The molecule has 0 fully saturated rings. The van der Waals surface area contributed by atoms with Gasteiger partial charge in [-0.25, -0.2) is 0 Å². The van der Waals surface area contributed by atoms with E-state index in [2.05, 4.69) is 13.8 Å². The van der Waals surface area contributed by atoms with Crippen molar-refractivity contribution in [3.8, 4) is 0 Å². The lowest BCUT2D eigenvalue weighted by Gasteiger charge is -2.24. The van der Waals surface area contributed by atoms with Crippen molar-refractivity contribution in [1.82, 2.24) is 0 Å². The second-order valence-corrected chi connectivity index (χ2v) is 5.03. The van der Waals surface area contributed by atoms with Gasteiger partial charge >= 0.3 is 0 Å². The fourth-order valence-electron chi connectivity index (χ4n) is 2.47. The third kappa shape index (κ3) is 3.24. The average molecular weight is 282 g/mol. The number of amides is 1. The molecule has 0 aromatic heterocycles. The molecular formula is C18H22N2O. The second-order valence-electron chi connectivity index (χ2n) is 5.03. The van der Waals surface area contributed by atoms with Crippen LogP contribution in [0, 0.1) is 0 Å². The molecule has 0 spiro atoms. The zero-order valence-corrected chi connectivity index (χ0v) is 12.7. The van der Waals surface area contributed by atoms with Crippen LogP contribution < -0.4 is 10.6 Å². The van der Waals surface area contributed by atoms with Crippen molar-refractivity contribution in [2.75, 3.05) is 17.2 Å². The van der Waals surface area contributed by atoms with Gasteiger partial charge in [-0.3, -0.25) is 4.79 Å². The number of nitrogen functional groups attached to an aromatic ring is 1. The molecule has 0 heterocycles. The number of hydrogen-bond acceptors (Lipinski definition) is 2. The van der Waals surface area contributed by atoms with E-state index in [0.717, 1.165) is 29.7 Å². The van der Waals surface area contributed by atoms with E-state index >= 15 is 0 Å². The number of hydrogen-bond donors (Lipinski definition) is 1. The predicted octanol–water partition coefficient (Wildman–Crippen LogP) is 3.89. The van der Waals surface area contributed by atoms with E-state index in [1.807, 2.05) is 48.5 Å². The lowest BCUT2D eigenvalue weighted by molar-refractivity contribution is 0.0986. The summed E-state index contributed by atoms with van der Waals surface area (Å²) in [5, 5.41) is 0. The quantitative estimate of drug-likeness (QED) is 0.846. The van der Waals surface area contributed by atoms with E-state index in [1.165, 1.54) is 0 Å². The van der Waals surface area contributed by atoms with E-state index in [0.29, 0.717) is 12.2 Å². The predicted molar refractivity (Wildman–Crippen MR) is 88.6 cm³/mol. The van der Waals surface area contributed by atoms with E-state index in [9.17, 15) is 4.79 Å². The number of carbonyl (C=O) groups is 1. The van der Waals surface area contributed by atoms with Gasteiger partial charge in [0.2, 0.25) is 0 Å². The largest absolute Gasteiger partial charge is 0.397 e. The third-order valence-corrected chi connectivity index (χ3v) is 3.55. The minimum absolute atomic E-state index is 0.0206. The minimum atomic E-state index is 0.0206. The molecule has 3 heteroatoms. The van der Waals surface area contributed by atoms with Gasteiger partial charge in [-0.15, -0.1) is 0 Å². The molecule has 21 heavy (non-hydrogen) atoms. The fourth-order valence-corrected chi connectivity index (χ4v) is 2.47. The Kier molecular flexibility index (Phi) is 4.99. The van der Waals surface area contributed by atoms with Crippen LogP contribution >= 0.6 is 0 Å². The maximum atomic E-state index is 12.9. The van der Waals surface area contributed by atoms with Crippen molar-refractivity contribution in [3.05, 3.63) is 59.7 Å². The van der Waals surface area contributed by atoms with Crippen LogP contribution in [0.3, 0.4) is 0 Å². The first-order valence-corrected chi connectivity index (χ1v) is 7.43. The summed E-state index contributed by atoms with van der Waals surface area (Å²) in [4.78, 5) is 14.7. The Morgan fingerprint density at radius 2 is 1.71 bits per heavy atom. The van der Waals surface area contributed by atoms with E-state index in [1.54, 1.807) is 4.90 Å². The van der Waals surface area contributed by atoms with Gasteiger partial charge in [-0.05, 0) is 36.6 Å². The van der Waals surface area contributed by atoms with Crippen LogP contribution in [0.15, 0.2) is 48.5 Å². The van der Waals surface area contributed by atoms with Crippen LogP contribution in [0.1, 0.15) is 36.2 Å². The topological polar surface area (TPSA) is 46.3 Å². The number of para-hydroxylation sites is 2. The van der Waals surface area contributed by atoms with Crippen LogP contribution in [0.4, 0.5) is 11.4 Å². The molecule has 0 aliphatic rings. The molecule has 2 N–H and O–H groups in total. The molecule has 0 unspecified atom stereocenters. The third-order valence-electron chi connectivity index (χ3n) is 3.55. The van der Waals surface area contributed by atoms with Gasteiger partial charge in [0.25, 0.3) is 5.91 Å². The van der Waals surface area contributed by atoms with Crippen molar-refractivity contribution in [2.45, 2.75) is 26.7 Å². The molecule has 1 amide bonds. The Hall–Kier alpha value is -2.29. The minimum Gasteiger partial charge on any atom is -0.397 e. The van der Waals surface area contributed by atoms with Gasteiger partial charge in [0.15, 0.2) is 0 Å². The number of carbonyl (C=O) groups excluding carboxylic acids is 1. The zero-order valence-electron chi connectivity index (χ0n) is 12.7. The molecule has 0 radical (unpaired) electrons. The molecule has 2 rings (SSSR count). The maximum Gasteiger partial charge on any atom is 0.258 e. The first-order valence-electron chi connectivity index (χ1n) is 7.43. The Bertz CT molecular complexity index is 622. The van der Waals surface area contributed by atoms with Gasteiger partial charge in [0.1, 0.15) is 0 Å². The first kappa shape index (κ1) is 15.1. The summed E-state index contributed by atoms with van der Waals surface area (Å²) in [6.45, 7) is 4.78. The lowest BCUT2D eigenvalue weighted by atomic mass is 10.0. The number of nitrogens with zero attached hydrogens (tertiary/aromatic N) is 1. The van der Waals surface area contributed by atoms with Gasteiger partial charge in [-0.2, -0.15) is 0 Å². The summed E-state index contributed by atoms with van der Waals surface area (Å²) in [6, 6.07) is 15.3. The van der Waals surface area contributed by atoms with Crippen LogP contribution in [0.25, 0.3) is 0 Å². The number of rotatable bonds is 5. The van der Waals surface area contributed by atoms with Crippen molar-refractivity contribution < 1.29 is 4.79 Å². The van der Waals surface area contributed by atoms with Gasteiger partial charge in [-0.1, -0.05) is 44.2 Å². The zero-order chi connectivity index (χ0) is 15.2. The summed E-state index contributed by atoms with van der Waals surface area (Å²) in [5.41, 5.74) is 9.29. The number of benzene rings is 2. The fraction of sp³-hybridized carbons (Fsp3) is 0.278. The van der Waals surface area contributed by atoms with Gasteiger partial charge in [0, 0.05) is 12.1 Å². The molecule has 0 saturated heterocycles.